The van der Waals surface area contributed by atoms with E-state index in [0.29, 0.717) is 21.7 Å². The molecular formula is C20H13F2N3O3S2. The first-order valence-electron chi connectivity index (χ1n) is 8.55. The van der Waals surface area contributed by atoms with E-state index in [-0.39, 0.29) is 11.3 Å². The van der Waals surface area contributed by atoms with Gasteiger partial charge in [-0.25, -0.2) is 13.6 Å². The number of carboxylic acid groups (broad SMARTS) is 1. The molecule has 0 bridgehead atoms. The summed E-state index contributed by atoms with van der Waals surface area (Å²) < 4.78 is 33.1. The number of nitrogens with zero attached hydrogens (tertiary/aromatic N) is 2. The van der Waals surface area contributed by atoms with Gasteiger partial charge in [-0.2, -0.15) is 4.37 Å². The average molecular weight is 445 g/mol. The number of hydrogen-bond donors (Lipinski definition) is 2. The first-order chi connectivity index (χ1) is 14.4. The van der Waals surface area contributed by atoms with E-state index in [4.69, 9.17) is 5.73 Å². The fourth-order valence-electron chi connectivity index (χ4n) is 3.12. The zero-order chi connectivity index (χ0) is 21.4. The lowest BCUT2D eigenvalue weighted by atomic mass is 10.1. The maximum absolute atomic E-state index is 14.5. The highest BCUT2D eigenvalue weighted by molar-refractivity contribution is 8.02. The quantitative estimate of drug-likeness (QED) is 0.606. The van der Waals surface area contributed by atoms with Crippen molar-refractivity contribution in [3.63, 3.8) is 0 Å². The second-order valence-corrected chi connectivity index (χ2v) is 8.04. The molecule has 3 aromatic rings. The molecule has 152 valence electrons. The van der Waals surface area contributed by atoms with Gasteiger partial charge in [-0.3, -0.25) is 4.79 Å². The summed E-state index contributed by atoms with van der Waals surface area (Å²) in [5.74, 6) is -3.35. The number of carbonyl (C=O) groups excluding carboxylic acids is 1. The van der Waals surface area contributed by atoms with Gasteiger partial charge in [0.2, 0.25) is 5.91 Å². The number of carboxylic acids is 1. The summed E-state index contributed by atoms with van der Waals surface area (Å²) in [6, 6.07) is 9.91. The van der Waals surface area contributed by atoms with Gasteiger partial charge in [-0.05, 0) is 41.4 Å². The number of rotatable bonds is 5. The summed E-state index contributed by atoms with van der Waals surface area (Å²) in [5.41, 5.74) is 6.27. The van der Waals surface area contributed by atoms with E-state index in [1.54, 1.807) is 24.3 Å². The van der Waals surface area contributed by atoms with E-state index in [2.05, 4.69) is 4.37 Å². The Kier molecular flexibility index (Phi) is 5.27. The van der Waals surface area contributed by atoms with Crippen LogP contribution in [0, 0.1) is 11.6 Å². The zero-order valence-corrected chi connectivity index (χ0v) is 16.7. The Morgan fingerprint density at radius 1 is 1.10 bits per heavy atom. The number of aromatic nitrogens is 1. The molecule has 0 radical (unpaired) electrons. The van der Waals surface area contributed by atoms with Crippen LogP contribution in [0.4, 0.5) is 14.5 Å². The van der Waals surface area contributed by atoms with E-state index >= 15 is 0 Å². The molecule has 2 heterocycles. The SMILES string of the molecule is NC(=O)c1ccc(-c2sncc2N2C(C(=O)O)=CSC2c2c(F)cccc2F)cc1. The number of nitrogens with two attached hydrogens (primary N) is 1. The Morgan fingerprint density at radius 2 is 1.77 bits per heavy atom. The molecule has 1 aliphatic heterocycles. The molecule has 1 aromatic heterocycles. The number of benzene rings is 2. The fourth-order valence-corrected chi connectivity index (χ4v) is 5.04. The summed E-state index contributed by atoms with van der Waals surface area (Å²) in [7, 11) is 0. The van der Waals surface area contributed by atoms with Crippen molar-refractivity contribution >= 4 is 40.9 Å². The fraction of sp³-hybridized carbons (Fsp3) is 0.0500. The summed E-state index contributed by atoms with van der Waals surface area (Å²) in [4.78, 5) is 25.1. The van der Waals surface area contributed by atoms with Gasteiger partial charge in [0.15, 0.2) is 0 Å². The van der Waals surface area contributed by atoms with Crippen molar-refractivity contribution in [3.05, 3.63) is 82.5 Å². The molecule has 3 N–H and O–H groups in total. The highest BCUT2D eigenvalue weighted by Gasteiger charge is 2.38. The molecule has 30 heavy (non-hydrogen) atoms. The average Bonchev–Trinajstić information content (AvgIpc) is 3.34. The van der Waals surface area contributed by atoms with E-state index < -0.39 is 28.9 Å². The Balaban J connectivity index is 1.82. The van der Waals surface area contributed by atoms with Gasteiger partial charge in [-0.1, -0.05) is 18.2 Å². The minimum atomic E-state index is -1.23. The van der Waals surface area contributed by atoms with Gasteiger partial charge < -0.3 is 15.7 Å². The van der Waals surface area contributed by atoms with Crippen molar-refractivity contribution in [1.29, 1.82) is 0 Å². The highest BCUT2D eigenvalue weighted by atomic mass is 32.2. The predicted molar refractivity (Wildman–Crippen MR) is 111 cm³/mol. The molecule has 1 amide bonds. The van der Waals surface area contributed by atoms with Crippen molar-refractivity contribution in [2.45, 2.75) is 5.37 Å². The van der Waals surface area contributed by atoms with Crippen LogP contribution >= 0.6 is 23.3 Å². The largest absolute Gasteiger partial charge is 0.477 e. The molecule has 1 unspecified atom stereocenters. The highest BCUT2D eigenvalue weighted by Crippen LogP contribution is 2.50. The third-order valence-electron chi connectivity index (χ3n) is 4.51. The van der Waals surface area contributed by atoms with Gasteiger partial charge in [0.1, 0.15) is 22.7 Å². The summed E-state index contributed by atoms with van der Waals surface area (Å²) in [6.45, 7) is 0. The summed E-state index contributed by atoms with van der Waals surface area (Å²) in [5, 5.41) is 10.1. The van der Waals surface area contributed by atoms with Crippen LogP contribution in [0.5, 0.6) is 0 Å². The Bertz CT molecular complexity index is 1160. The number of hydrogen-bond acceptors (Lipinski definition) is 6. The normalized spacial score (nSPS) is 15.9. The van der Waals surface area contributed by atoms with Crippen LogP contribution in [-0.2, 0) is 4.79 Å². The van der Waals surface area contributed by atoms with Gasteiger partial charge in [0, 0.05) is 11.0 Å². The second kappa shape index (κ2) is 7.88. The van der Waals surface area contributed by atoms with Crippen molar-refractivity contribution in [2.24, 2.45) is 5.73 Å². The summed E-state index contributed by atoms with van der Waals surface area (Å²) in [6.07, 6.45) is 1.45. The van der Waals surface area contributed by atoms with Gasteiger partial charge in [0.05, 0.1) is 22.3 Å². The Morgan fingerprint density at radius 3 is 2.37 bits per heavy atom. The molecule has 10 heteroatoms. The summed E-state index contributed by atoms with van der Waals surface area (Å²) >= 11 is 2.09. The number of halogens is 2. The van der Waals surface area contributed by atoms with Crippen molar-refractivity contribution in [1.82, 2.24) is 4.37 Å². The standard InChI is InChI=1S/C20H13F2N3O3S2/c21-12-2-1-3-13(22)16(12)19-25(15(9-29-19)20(27)28)14-8-24-30-17(14)10-4-6-11(7-5-10)18(23)26/h1-9,19H,(H2,23,26)(H,27,28). The van der Waals surface area contributed by atoms with Gasteiger partial charge in [-0.15, -0.1) is 11.8 Å². The van der Waals surface area contributed by atoms with Crippen LogP contribution < -0.4 is 10.6 Å². The first-order valence-corrected chi connectivity index (χ1v) is 10.3. The molecule has 1 aliphatic rings. The van der Waals surface area contributed by atoms with Gasteiger partial charge in [0.25, 0.3) is 0 Å². The van der Waals surface area contributed by atoms with Crippen LogP contribution in [-0.4, -0.2) is 21.4 Å². The zero-order valence-electron chi connectivity index (χ0n) is 15.1. The monoisotopic (exact) mass is 445 g/mol. The van der Waals surface area contributed by atoms with E-state index in [0.717, 1.165) is 35.4 Å². The number of primary amides is 1. The van der Waals surface area contributed by atoms with Crippen molar-refractivity contribution in [2.75, 3.05) is 4.90 Å². The smallest absolute Gasteiger partial charge is 0.353 e. The number of aliphatic carboxylic acids is 1. The van der Waals surface area contributed by atoms with Crippen LogP contribution in [0.15, 0.2) is 59.8 Å². The molecule has 2 aromatic carbocycles. The maximum atomic E-state index is 14.5. The minimum Gasteiger partial charge on any atom is -0.477 e. The number of carbonyl (C=O) groups is 2. The molecule has 0 saturated carbocycles. The number of thioether (sulfide) groups is 1. The molecule has 6 nitrogen and oxygen atoms in total. The first kappa shape index (κ1) is 20.0. The predicted octanol–water partition coefficient (Wildman–Crippen LogP) is 4.37. The molecular weight excluding hydrogens is 432 g/mol. The number of amides is 1. The molecule has 1 atom stereocenters. The maximum Gasteiger partial charge on any atom is 0.353 e. The minimum absolute atomic E-state index is 0.122. The van der Waals surface area contributed by atoms with Gasteiger partial charge >= 0.3 is 5.97 Å². The third-order valence-corrected chi connectivity index (χ3v) is 6.41. The van der Waals surface area contributed by atoms with E-state index in [1.807, 2.05) is 0 Å². The van der Waals surface area contributed by atoms with Crippen molar-refractivity contribution in [3.8, 4) is 10.4 Å². The van der Waals surface area contributed by atoms with Crippen molar-refractivity contribution < 1.29 is 23.5 Å². The number of anilines is 1. The second-order valence-electron chi connectivity index (χ2n) is 6.28. The molecule has 0 saturated heterocycles. The van der Waals surface area contributed by atoms with E-state index in [9.17, 15) is 23.5 Å². The lowest BCUT2D eigenvalue weighted by Crippen LogP contribution is -2.27. The van der Waals surface area contributed by atoms with E-state index in [1.165, 1.54) is 22.6 Å². The third kappa shape index (κ3) is 3.44. The Labute approximate surface area is 177 Å². The molecule has 4 rings (SSSR count). The van der Waals surface area contributed by atoms with Crippen LogP contribution in [0.3, 0.4) is 0 Å². The lowest BCUT2D eigenvalue weighted by molar-refractivity contribution is -0.132. The molecule has 0 fully saturated rings. The topological polar surface area (TPSA) is 96.5 Å². The molecule has 0 spiro atoms. The van der Waals surface area contributed by atoms with Crippen LogP contribution in [0.1, 0.15) is 21.3 Å². The molecule has 0 aliphatic carbocycles. The lowest BCUT2D eigenvalue weighted by Gasteiger charge is -2.28. The van der Waals surface area contributed by atoms with Crippen LogP contribution in [0.25, 0.3) is 10.4 Å². The Hall–Kier alpha value is -3.24. The van der Waals surface area contributed by atoms with Crippen LogP contribution in [0.2, 0.25) is 0 Å².